The van der Waals surface area contributed by atoms with E-state index >= 15 is 0 Å². The number of amides is 1. The Labute approximate surface area is 90.2 Å². The van der Waals surface area contributed by atoms with Gasteiger partial charge in [-0.25, -0.2) is 0 Å². The number of hydrogen-bond acceptors (Lipinski definition) is 3. The highest BCUT2D eigenvalue weighted by molar-refractivity contribution is 5.82. The molecule has 86 valence electrons. The normalized spacial score (nSPS) is 36.1. The summed E-state index contributed by atoms with van der Waals surface area (Å²) in [7, 11) is 0. The third-order valence-electron chi connectivity index (χ3n) is 3.50. The monoisotopic (exact) mass is 213 g/mol. The van der Waals surface area contributed by atoms with Crippen molar-refractivity contribution >= 4 is 5.91 Å². The van der Waals surface area contributed by atoms with Gasteiger partial charge in [-0.3, -0.25) is 4.79 Å². The molecule has 0 aromatic rings. The summed E-state index contributed by atoms with van der Waals surface area (Å²) in [6, 6.07) is 0.0221. The van der Waals surface area contributed by atoms with E-state index in [9.17, 15) is 4.79 Å². The average Bonchev–Trinajstić information content (AvgIpc) is 2.84. The van der Waals surface area contributed by atoms with Crippen LogP contribution in [0.5, 0.6) is 0 Å². The zero-order valence-corrected chi connectivity index (χ0v) is 9.19. The number of carbonyl (C=O) groups excluding carboxylic acids is 1. The van der Waals surface area contributed by atoms with E-state index in [-0.39, 0.29) is 24.7 Å². The Hall–Kier alpha value is -0.610. The molecule has 1 amide bonds. The highest BCUT2D eigenvalue weighted by atomic mass is 16.5. The summed E-state index contributed by atoms with van der Waals surface area (Å²) in [6.45, 7) is 3.60. The molecule has 0 aromatic carbocycles. The largest absolute Gasteiger partial charge is 0.394 e. The molecule has 0 saturated carbocycles. The lowest BCUT2D eigenvalue weighted by Gasteiger charge is -2.27. The summed E-state index contributed by atoms with van der Waals surface area (Å²) < 4.78 is 5.46. The van der Waals surface area contributed by atoms with Crippen LogP contribution >= 0.6 is 0 Å². The lowest BCUT2D eigenvalue weighted by Crippen LogP contribution is -2.45. The third kappa shape index (κ3) is 2.01. The molecule has 4 nitrogen and oxygen atoms in total. The molecular formula is C11H19NO3. The second-order valence-corrected chi connectivity index (χ2v) is 4.57. The highest BCUT2D eigenvalue weighted by Crippen LogP contribution is 2.25. The van der Waals surface area contributed by atoms with E-state index in [4.69, 9.17) is 9.84 Å². The lowest BCUT2D eigenvalue weighted by atomic mass is 10.0. The minimum atomic E-state index is -0.267. The zero-order valence-electron chi connectivity index (χ0n) is 9.19. The Morgan fingerprint density at radius 2 is 2.33 bits per heavy atom. The Morgan fingerprint density at radius 1 is 1.53 bits per heavy atom. The van der Waals surface area contributed by atoms with Gasteiger partial charge >= 0.3 is 0 Å². The van der Waals surface area contributed by atoms with Crippen molar-refractivity contribution in [3.63, 3.8) is 0 Å². The Kier molecular flexibility index (Phi) is 3.26. The Morgan fingerprint density at radius 3 is 2.93 bits per heavy atom. The van der Waals surface area contributed by atoms with Crippen LogP contribution < -0.4 is 0 Å². The van der Waals surface area contributed by atoms with Gasteiger partial charge in [-0.2, -0.15) is 0 Å². The van der Waals surface area contributed by atoms with Crippen LogP contribution in [0.3, 0.4) is 0 Å². The number of aliphatic hydroxyl groups excluding tert-OH is 1. The van der Waals surface area contributed by atoms with Crippen LogP contribution in [0.1, 0.15) is 26.2 Å². The van der Waals surface area contributed by atoms with Crippen LogP contribution in [0.2, 0.25) is 0 Å². The summed E-state index contributed by atoms with van der Waals surface area (Å²) in [4.78, 5) is 13.9. The molecule has 2 rings (SSSR count). The SMILES string of the molecule is CC1CCOC1C(=O)N1CCC[C@@H]1CO. The van der Waals surface area contributed by atoms with Gasteiger partial charge in [0.25, 0.3) is 5.91 Å². The first kappa shape index (κ1) is 10.9. The van der Waals surface area contributed by atoms with Crippen LogP contribution in [0.25, 0.3) is 0 Å². The molecule has 2 fully saturated rings. The fourth-order valence-corrected chi connectivity index (χ4v) is 2.49. The van der Waals surface area contributed by atoms with Crippen molar-refractivity contribution < 1.29 is 14.6 Å². The summed E-state index contributed by atoms with van der Waals surface area (Å²) in [5, 5.41) is 9.16. The number of likely N-dealkylation sites (tertiary alicyclic amines) is 1. The molecule has 4 heteroatoms. The Balaban J connectivity index is 2.00. The van der Waals surface area contributed by atoms with Gasteiger partial charge < -0.3 is 14.7 Å². The minimum Gasteiger partial charge on any atom is -0.394 e. The average molecular weight is 213 g/mol. The second-order valence-electron chi connectivity index (χ2n) is 4.57. The van der Waals surface area contributed by atoms with Crippen LogP contribution in [-0.2, 0) is 9.53 Å². The maximum absolute atomic E-state index is 12.1. The maximum atomic E-state index is 12.1. The van der Waals surface area contributed by atoms with Crippen molar-refractivity contribution in [3.8, 4) is 0 Å². The number of aliphatic hydroxyl groups is 1. The molecule has 2 saturated heterocycles. The van der Waals surface area contributed by atoms with Gasteiger partial charge in [0.2, 0.25) is 0 Å². The van der Waals surface area contributed by atoms with Crippen molar-refractivity contribution in [2.75, 3.05) is 19.8 Å². The molecule has 3 atom stereocenters. The number of ether oxygens (including phenoxy) is 1. The van der Waals surface area contributed by atoms with Crippen molar-refractivity contribution in [2.24, 2.45) is 5.92 Å². The van der Waals surface area contributed by atoms with Crippen LogP contribution in [0.4, 0.5) is 0 Å². The molecule has 0 spiro atoms. The smallest absolute Gasteiger partial charge is 0.252 e. The van der Waals surface area contributed by atoms with Gasteiger partial charge in [0.1, 0.15) is 6.10 Å². The number of hydrogen-bond donors (Lipinski definition) is 1. The third-order valence-corrected chi connectivity index (χ3v) is 3.50. The van der Waals surface area contributed by atoms with Gasteiger partial charge in [-0.05, 0) is 25.2 Å². The van der Waals surface area contributed by atoms with Gasteiger partial charge in [-0.15, -0.1) is 0 Å². The molecule has 2 unspecified atom stereocenters. The fraction of sp³-hybridized carbons (Fsp3) is 0.909. The molecule has 15 heavy (non-hydrogen) atoms. The molecule has 2 heterocycles. The van der Waals surface area contributed by atoms with Crippen molar-refractivity contribution in [3.05, 3.63) is 0 Å². The molecular weight excluding hydrogens is 194 g/mol. The first-order chi connectivity index (χ1) is 7.24. The summed E-state index contributed by atoms with van der Waals surface area (Å²) >= 11 is 0. The first-order valence-electron chi connectivity index (χ1n) is 5.77. The van der Waals surface area contributed by atoms with E-state index in [0.717, 1.165) is 25.8 Å². The van der Waals surface area contributed by atoms with Gasteiger partial charge in [0.15, 0.2) is 0 Å². The summed E-state index contributed by atoms with van der Waals surface area (Å²) in [5.41, 5.74) is 0. The number of rotatable bonds is 2. The molecule has 2 aliphatic rings. The number of carbonyl (C=O) groups is 1. The van der Waals surface area contributed by atoms with E-state index < -0.39 is 0 Å². The molecule has 0 radical (unpaired) electrons. The summed E-state index contributed by atoms with van der Waals surface area (Å²) in [5.74, 6) is 0.397. The zero-order chi connectivity index (χ0) is 10.8. The fourth-order valence-electron chi connectivity index (χ4n) is 2.49. The molecule has 1 N–H and O–H groups in total. The standard InChI is InChI=1S/C11H19NO3/c1-8-4-6-15-10(8)11(14)12-5-2-3-9(12)7-13/h8-10,13H,2-7H2,1H3/t8?,9-,10?/m1/s1. The van der Waals surface area contributed by atoms with E-state index in [1.54, 1.807) is 4.90 Å². The quantitative estimate of drug-likeness (QED) is 0.722. The lowest BCUT2D eigenvalue weighted by molar-refractivity contribution is -0.144. The molecule has 0 aliphatic carbocycles. The predicted molar refractivity (Wildman–Crippen MR) is 55.3 cm³/mol. The van der Waals surface area contributed by atoms with Gasteiger partial charge in [0, 0.05) is 13.2 Å². The van der Waals surface area contributed by atoms with Gasteiger partial charge in [0.05, 0.1) is 12.6 Å². The van der Waals surface area contributed by atoms with E-state index in [2.05, 4.69) is 6.92 Å². The number of nitrogens with zero attached hydrogens (tertiary/aromatic N) is 1. The van der Waals surface area contributed by atoms with Gasteiger partial charge in [-0.1, -0.05) is 6.92 Å². The predicted octanol–water partition coefficient (Wildman–Crippen LogP) is 0.395. The van der Waals surface area contributed by atoms with E-state index in [1.165, 1.54) is 0 Å². The topological polar surface area (TPSA) is 49.8 Å². The summed E-state index contributed by atoms with van der Waals surface area (Å²) in [6.07, 6.45) is 2.62. The van der Waals surface area contributed by atoms with Crippen LogP contribution in [-0.4, -0.2) is 47.8 Å². The van der Waals surface area contributed by atoms with Crippen LogP contribution in [0, 0.1) is 5.92 Å². The van der Waals surface area contributed by atoms with E-state index in [0.29, 0.717) is 12.5 Å². The second kappa shape index (κ2) is 4.49. The van der Waals surface area contributed by atoms with Crippen molar-refractivity contribution in [1.82, 2.24) is 4.90 Å². The Bertz CT molecular complexity index is 244. The molecule has 0 bridgehead atoms. The molecule has 2 aliphatic heterocycles. The highest BCUT2D eigenvalue weighted by Gasteiger charge is 2.38. The van der Waals surface area contributed by atoms with Crippen molar-refractivity contribution in [1.29, 1.82) is 0 Å². The minimum absolute atomic E-state index is 0.0221. The van der Waals surface area contributed by atoms with Crippen LogP contribution in [0.15, 0.2) is 0 Å². The maximum Gasteiger partial charge on any atom is 0.252 e. The van der Waals surface area contributed by atoms with E-state index in [1.807, 2.05) is 0 Å². The first-order valence-corrected chi connectivity index (χ1v) is 5.77. The molecule has 0 aromatic heterocycles. The van der Waals surface area contributed by atoms with Crippen molar-refractivity contribution in [2.45, 2.75) is 38.3 Å².